The van der Waals surface area contributed by atoms with E-state index in [1.807, 2.05) is 0 Å². The molecule has 0 saturated heterocycles. The second-order valence-electron chi connectivity index (χ2n) is 6.42. The maximum Gasteiger partial charge on any atom is 0.430 e. The highest BCUT2D eigenvalue weighted by Gasteiger charge is 2.36. The zero-order valence-electron chi connectivity index (χ0n) is 16.2. The topological polar surface area (TPSA) is 88.6 Å². The van der Waals surface area contributed by atoms with Crippen molar-refractivity contribution in [3.05, 3.63) is 77.6 Å². The Labute approximate surface area is 189 Å². The van der Waals surface area contributed by atoms with Crippen LogP contribution in [0, 0.1) is 0 Å². The van der Waals surface area contributed by atoms with Crippen LogP contribution in [0.1, 0.15) is 11.1 Å². The Kier molecular flexibility index (Phi) is 7.05. The van der Waals surface area contributed by atoms with Gasteiger partial charge in [-0.15, -0.1) is 0 Å². The van der Waals surface area contributed by atoms with Crippen molar-refractivity contribution in [1.29, 1.82) is 0 Å². The number of rotatable bonds is 5. The van der Waals surface area contributed by atoms with Gasteiger partial charge in [0.15, 0.2) is 11.1 Å². The highest BCUT2D eigenvalue weighted by Crippen LogP contribution is 2.35. The molecule has 1 heterocycles. The molecule has 0 fully saturated rings. The number of allylic oxidation sites excluding steroid dienone is 2. The third kappa shape index (κ3) is 6.06. The van der Waals surface area contributed by atoms with E-state index in [0.717, 1.165) is 29.5 Å². The lowest BCUT2D eigenvalue weighted by Crippen LogP contribution is -2.21. The Morgan fingerprint density at radius 2 is 1.79 bits per heavy atom. The van der Waals surface area contributed by atoms with Gasteiger partial charge in [0.25, 0.3) is 0 Å². The van der Waals surface area contributed by atoms with Crippen LogP contribution in [-0.4, -0.2) is 25.6 Å². The average Bonchev–Trinajstić information content (AvgIpc) is 3.20. The summed E-state index contributed by atoms with van der Waals surface area (Å²) in [5, 5.41) is -0.140. The number of nitrogens with two attached hydrogens (primary N) is 1. The van der Waals surface area contributed by atoms with Gasteiger partial charge in [-0.25, -0.2) is 14.2 Å². The van der Waals surface area contributed by atoms with E-state index in [-0.39, 0.29) is 10.0 Å². The van der Waals surface area contributed by atoms with Gasteiger partial charge in [-0.05, 0) is 29.8 Å². The Hall–Kier alpha value is -3.03. The fourth-order valence-corrected chi connectivity index (χ4v) is 3.88. The quantitative estimate of drug-likeness (QED) is 0.255. The van der Waals surface area contributed by atoms with Crippen molar-refractivity contribution < 1.29 is 35.1 Å². The molecule has 0 amide bonds. The first-order valence-electron chi connectivity index (χ1n) is 8.83. The van der Waals surface area contributed by atoms with Gasteiger partial charge in [0.05, 0.1) is 21.0 Å². The molecule has 13 heteroatoms. The number of aliphatic imine (C=N–C) groups is 1. The largest absolute Gasteiger partial charge is 0.430 e. The third-order valence-electron chi connectivity index (χ3n) is 4.16. The van der Waals surface area contributed by atoms with E-state index in [9.17, 15) is 35.1 Å². The molecule has 1 aromatic heterocycles. The number of halogens is 6. The van der Waals surface area contributed by atoms with Gasteiger partial charge in [0.2, 0.25) is 5.13 Å². The molecule has 2 aromatic carbocycles. The average molecular weight is 505 g/mol. The highest BCUT2D eigenvalue weighted by atomic mass is 32.2. The fourth-order valence-electron chi connectivity index (χ4n) is 2.66. The van der Waals surface area contributed by atoms with Crippen LogP contribution in [0.4, 0.5) is 31.5 Å². The zero-order chi connectivity index (χ0) is 24.4. The van der Waals surface area contributed by atoms with Crippen molar-refractivity contribution in [3.8, 4) is 10.4 Å². The van der Waals surface area contributed by atoms with Gasteiger partial charge < -0.3 is 10.3 Å². The molecule has 0 aliphatic rings. The third-order valence-corrected chi connectivity index (χ3v) is 5.76. The minimum Gasteiger partial charge on any atom is -0.395 e. The Balaban J connectivity index is 2.13. The van der Waals surface area contributed by atoms with E-state index in [1.165, 1.54) is 30.5 Å². The van der Waals surface area contributed by atoms with Gasteiger partial charge in [-0.3, -0.25) is 0 Å². The number of aromatic nitrogens is 1. The summed E-state index contributed by atoms with van der Waals surface area (Å²) < 4.78 is 99.9. The molecular formula is C20H13F6N3O2S2. The van der Waals surface area contributed by atoms with Gasteiger partial charge in [0, 0.05) is 11.8 Å². The van der Waals surface area contributed by atoms with Crippen LogP contribution in [0.25, 0.3) is 10.4 Å². The molecule has 174 valence electrons. The second kappa shape index (κ2) is 9.45. The van der Waals surface area contributed by atoms with Gasteiger partial charge in [-0.1, -0.05) is 41.7 Å². The molecule has 3 N–H and O–H groups in total. The van der Waals surface area contributed by atoms with Crippen molar-refractivity contribution in [2.24, 2.45) is 10.7 Å². The summed E-state index contributed by atoms with van der Waals surface area (Å²) in [6, 6.07) is 9.95. The van der Waals surface area contributed by atoms with E-state index in [1.54, 1.807) is 6.07 Å². The normalized spacial score (nSPS) is 14.4. The zero-order valence-corrected chi connectivity index (χ0v) is 17.8. The molecule has 0 bridgehead atoms. The van der Waals surface area contributed by atoms with Crippen LogP contribution in [0.3, 0.4) is 0 Å². The smallest absolute Gasteiger partial charge is 0.395 e. The molecule has 0 radical (unpaired) electrons. The molecule has 3 rings (SSSR count). The van der Waals surface area contributed by atoms with Gasteiger partial charge >= 0.3 is 12.4 Å². The summed E-state index contributed by atoms with van der Waals surface area (Å²) >= 11 is -1.38. The van der Waals surface area contributed by atoms with Gasteiger partial charge in [0.1, 0.15) is 5.70 Å². The Bertz CT molecular complexity index is 1250. The van der Waals surface area contributed by atoms with E-state index in [4.69, 9.17) is 5.73 Å². The van der Waals surface area contributed by atoms with Crippen LogP contribution in [0.15, 0.2) is 76.4 Å². The van der Waals surface area contributed by atoms with Crippen LogP contribution in [0.2, 0.25) is 0 Å². The molecule has 0 aliphatic carbocycles. The number of thiazole rings is 1. The molecule has 0 aliphatic heterocycles. The fraction of sp³-hybridized carbons (Fsp3) is 0.100. The molecule has 33 heavy (non-hydrogen) atoms. The molecular weight excluding hydrogens is 492 g/mol. The van der Waals surface area contributed by atoms with Crippen LogP contribution in [0.5, 0.6) is 0 Å². The van der Waals surface area contributed by atoms with E-state index >= 15 is 0 Å². The lowest BCUT2D eigenvalue weighted by atomic mass is 10.0. The molecule has 0 saturated carbocycles. The summed E-state index contributed by atoms with van der Waals surface area (Å²) in [5.41, 5.74) is 1.41. The molecule has 1 atom stereocenters. The first-order valence-corrected chi connectivity index (χ1v) is 10.8. The van der Waals surface area contributed by atoms with Crippen molar-refractivity contribution in [3.63, 3.8) is 0 Å². The van der Waals surface area contributed by atoms with Crippen molar-refractivity contribution in [1.82, 2.24) is 4.98 Å². The predicted molar refractivity (Wildman–Crippen MR) is 113 cm³/mol. The molecule has 0 spiro atoms. The molecule has 5 nitrogen and oxygen atoms in total. The predicted octanol–water partition coefficient (Wildman–Crippen LogP) is 5.94. The maximum atomic E-state index is 13.5. The highest BCUT2D eigenvalue weighted by molar-refractivity contribution is 7.79. The first-order chi connectivity index (χ1) is 15.4. The van der Waals surface area contributed by atoms with Crippen LogP contribution in [-0.2, 0) is 17.3 Å². The summed E-state index contributed by atoms with van der Waals surface area (Å²) in [4.78, 5) is 8.40. The van der Waals surface area contributed by atoms with Gasteiger partial charge in [-0.2, -0.15) is 26.3 Å². The number of hydrogen-bond donors (Lipinski definition) is 2. The Morgan fingerprint density at radius 1 is 1.09 bits per heavy atom. The standard InChI is InChI=1S/C20H13F6N3O2S2/c21-19(22,23)14-7-2-1-6-13(14)15(9-17(27)20(24,25)26)29-18-28-10-16(32-18)11-4-3-5-12(8-11)33(30)31/h1-10H,27H2,(H,30,31). The van der Waals surface area contributed by atoms with Crippen molar-refractivity contribution in [2.75, 3.05) is 0 Å². The van der Waals surface area contributed by atoms with E-state index < -0.39 is 46.0 Å². The van der Waals surface area contributed by atoms with E-state index in [2.05, 4.69) is 9.98 Å². The summed E-state index contributed by atoms with van der Waals surface area (Å²) in [6.07, 6.45) is -8.22. The number of benzene rings is 2. The minimum atomic E-state index is -4.98. The lowest BCUT2D eigenvalue weighted by molar-refractivity contribution is -0.137. The van der Waals surface area contributed by atoms with Crippen LogP contribution < -0.4 is 5.73 Å². The summed E-state index contributed by atoms with van der Waals surface area (Å²) in [7, 11) is 0. The minimum absolute atomic E-state index is 0.103. The monoisotopic (exact) mass is 505 g/mol. The van der Waals surface area contributed by atoms with Crippen LogP contribution >= 0.6 is 11.3 Å². The van der Waals surface area contributed by atoms with Crippen molar-refractivity contribution >= 4 is 33.3 Å². The molecule has 3 aromatic rings. The first kappa shape index (κ1) is 24.6. The Morgan fingerprint density at radius 3 is 2.42 bits per heavy atom. The SMILES string of the molecule is NC(=CC(=Nc1ncc(-c2cccc(S(=O)O)c2)s1)c1ccccc1C(F)(F)F)C(F)(F)F. The number of alkyl halides is 6. The number of hydrogen-bond acceptors (Lipinski definition) is 5. The summed E-state index contributed by atoms with van der Waals surface area (Å²) in [5.74, 6) is 0. The molecule has 1 unspecified atom stereocenters. The summed E-state index contributed by atoms with van der Waals surface area (Å²) in [6.45, 7) is 0. The lowest BCUT2D eigenvalue weighted by Gasteiger charge is -2.13. The van der Waals surface area contributed by atoms with Crippen molar-refractivity contribution in [2.45, 2.75) is 17.2 Å². The van der Waals surface area contributed by atoms with E-state index in [0.29, 0.717) is 16.5 Å². The number of nitrogens with zero attached hydrogens (tertiary/aromatic N) is 2. The second-order valence-corrected chi connectivity index (χ2v) is 8.40. The maximum absolute atomic E-state index is 13.5.